The van der Waals surface area contributed by atoms with Crippen molar-refractivity contribution in [3.05, 3.63) is 75.3 Å². The molecule has 0 heterocycles. The summed E-state index contributed by atoms with van der Waals surface area (Å²) < 4.78 is 0. The van der Waals surface area contributed by atoms with Crippen LogP contribution in [0, 0.1) is 10.1 Å². The molecule has 0 aliphatic heterocycles. The van der Waals surface area contributed by atoms with E-state index in [-0.39, 0.29) is 10.2 Å². The molecule has 2 aromatic rings. The second-order valence-corrected chi connectivity index (χ2v) is 6.08. The zero-order valence-corrected chi connectivity index (χ0v) is 12.5. The molecule has 0 aliphatic rings. The van der Waals surface area contributed by atoms with Crippen LogP contribution in [-0.4, -0.2) is 11.0 Å². The highest BCUT2D eigenvalue weighted by Crippen LogP contribution is 2.38. The van der Waals surface area contributed by atoms with E-state index in [1.54, 1.807) is 19.1 Å². The van der Waals surface area contributed by atoms with Crippen LogP contribution in [0.5, 0.6) is 0 Å². The van der Waals surface area contributed by atoms with Gasteiger partial charge in [-0.15, -0.1) is 11.8 Å². The molecule has 3 nitrogen and oxygen atoms in total. The largest absolute Gasteiger partial charge is 0.264 e. The lowest BCUT2D eigenvalue weighted by molar-refractivity contribution is -0.518. The Kier molecular flexibility index (Phi) is 5.04. The molecule has 0 N–H and O–H groups in total. The molecular weight excluding hydrogens is 294 g/mol. The van der Waals surface area contributed by atoms with Gasteiger partial charge in [0.1, 0.15) is 5.25 Å². The molecule has 104 valence electrons. The number of hydrogen-bond acceptors (Lipinski definition) is 3. The van der Waals surface area contributed by atoms with E-state index < -0.39 is 6.04 Å². The lowest BCUT2D eigenvalue weighted by Crippen LogP contribution is -2.22. The molecule has 0 bridgehead atoms. The molecule has 2 unspecified atom stereocenters. The van der Waals surface area contributed by atoms with Crippen LogP contribution in [0.25, 0.3) is 0 Å². The molecule has 0 fully saturated rings. The van der Waals surface area contributed by atoms with Crippen LogP contribution in [0.2, 0.25) is 5.02 Å². The maximum atomic E-state index is 11.1. The summed E-state index contributed by atoms with van der Waals surface area (Å²) in [5, 5.41) is 11.5. The Bertz CT molecular complexity index is 574. The Morgan fingerprint density at radius 3 is 2.25 bits per heavy atom. The van der Waals surface area contributed by atoms with E-state index in [4.69, 9.17) is 11.6 Å². The van der Waals surface area contributed by atoms with Crippen molar-refractivity contribution < 1.29 is 4.92 Å². The summed E-state index contributed by atoms with van der Waals surface area (Å²) in [6.45, 7) is 1.63. The van der Waals surface area contributed by atoms with E-state index in [2.05, 4.69) is 0 Å². The van der Waals surface area contributed by atoms with Gasteiger partial charge in [0.25, 0.3) is 0 Å². The van der Waals surface area contributed by atoms with Gasteiger partial charge < -0.3 is 0 Å². The van der Waals surface area contributed by atoms with Gasteiger partial charge in [0.05, 0.1) is 0 Å². The van der Waals surface area contributed by atoms with Crippen molar-refractivity contribution >= 4 is 23.4 Å². The zero-order chi connectivity index (χ0) is 14.5. The van der Waals surface area contributed by atoms with E-state index in [0.717, 1.165) is 10.5 Å². The summed E-state index contributed by atoms with van der Waals surface area (Å²) in [4.78, 5) is 11.9. The van der Waals surface area contributed by atoms with Crippen molar-refractivity contribution in [3.63, 3.8) is 0 Å². The first-order chi connectivity index (χ1) is 9.58. The second kappa shape index (κ2) is 6.77. The number of halogens is 1. The zero-order valence-electron chi connectivity index (χ0n) is 10.9. The molecule has 0 saturated carbocycles. The number of nitro groups is 1. The van der Waals surface area contributed by atoms with Crippen LogP contribution >= 0.6 is 23.4 Å². The normalized spacial score (nSPS) is 13.7. The molecule has 2 rings (SSSR count). The number of hydrogen-bond donors (Lipinski definition) is 0. The van der Waals surface area contributed by atoms with Crippen LogP contribution in [0.4, 0.5) is 0 Å². The Morgan fingerprint density at radius 1 is 1.10 bits per heavy atom. The quantitative estimate of drug-likeness (QED) is 0.451. The van der Waals surface area contributed by atoms with Gasteiger partial charge in [0.15, 0.2) is 0 Å². The second-order valence-electron chi connectivity index (χ2n) is 4.43. The molecular formula is C15H14ClNO2S. The predicted octanol–water partition coefficient (Wildman–Crippen LogP) is 4.84. The molecule has 0 radical (unpaired) electrons. The molecule has 0 spiro atoms. The minimum atomic E-state index is -0.679. The Balaban J connectivity index is 2.29. The monoisotopic (exact) mass is 307 g/mol. The SMILES string of the molecule is CC(C(Sc1ccccc1)c1ccc(Cl)cc1)[N+](=O)[O-]. The van der Waals surface area contributed by atoms with Gasteiger partial charge in [0, 0.05) is 21.8 Å². The van der Waals surface area contributed by atoms with Crippen molar-refractivity contribution in [2.75, 3.05) is 0 Å². The lowest BCUT2D eigenvalue weighted by atomic mass is 10.1. The lowest BCUT2D eigenvalue weighted by Gasteiger charge is -2.18. The average Bonchev–Trinajstić information content (AvgIpc) is 2.46. The van der Waals surface area contributed by atoms with Crippen LogP contribution in [0.3, 0.4) is 0 Å². The maximum Gasteiger partial charge on any atom is 0.226 e. The summed E-state index contributed by atoms with van der Waals surface area (Å²) in [7, 11) is 0. The average molecular weight is 308 g/mol. The summed E-state index contributed by atoms with van der Waals surface area (Å²) in [6.07, 6.45) is 0. The van der Waals surface area contributed by atoms with Crippen molar-refractivity contribution in [1.29, 1.82) is 0 Å². The fourth-order valence-electron chi connectivity index (χ4n) is 1.85. The van der Waals surface area contributed by atoms with Gasteiger partial charge in [-0.25, -0.2) is 0 Å². The van der Waals surface area contributed by atoms with E-state index in [1.165, 1.54) is 11.8 Å². The number of benzene rings is 2. The molecule has 5 heteroatoms. The number of thioether (sulfide) groups is 1. The van der Waals surface area contributed by atoms with E-state index in [1.807, 2.05) is 42.5 Å². The molecule has 0 saturated heterocycles. The topological polar surface area (TPSA) is 43.1 Å². The molecule has 0 aliphatic carbocycles. The number of rotatable bonds is 5. The van der Waals surface area contributed by atoms with Gasteiger partial charge in [-0.2, -0.15) is 0 Å². The van der Waals surface area contributed by atoms with E-state index in [0.29, 0.717) is 5.02 Å². The summed E-state index contributed by atoms with van der Waals surface area (Å²) in [5.41, 5.74) is 0.910. The third-order valence-electron chi connectivity index (χ3n) is 2.98. The van der Waals surface area contributed by atoms with Crippen LogP contribution < -0.4 is 0 Å². The molecule has 0 amide bonds. The highest BCUT2D eigenvalue weighted by Gasteiger charge is 2.29. The van der Waals surface area contributed by atoms with Crippen molar-refractivity contribution in [2.24, 2.45) is 0 Å². The third-order valence-corrected chi connectivity index (χ3v) is 4.69. The first kappa shape index (κ1) is 14.9. The highest BCUT2D eigenvalue weighted by molar-refractivity contribution is 7.99. The first-order valence-corrected chi connectivity index (χ1v) is 7.44. The van der Waals surface area contributed by atoms with Gasteiger partial charge in [-0.3, -0.25) is 10.1 Å². The smallest absolute Gasteiger partial charge is 0.226 e. The van der Waals surface area contributed by atoms with Crippen molar-refractivity contribution in [2.45, 2.75) is 23.1 Å². The van der Waals surface area contributed by atoms with Gasteiger partial charge in [0.2, 0.25) is 6.04 Å². The van der Waals surface area contributed by atoms with Crippen molar-refractivity contribution in [1.82, 2.24) is 0 Å². The fraction of sp³-hybridized carbons (Fsp3) is 0.200. The highest BCUT2D eigenvalue weighted by atomic mass is 35.5. The predicted molar refractivity (Wildman–Crippen MR) is 82.9 cm³/mol. The minimum absolute atomic E-state index is 0.241. The molecule has 20 heavy (non-hydrogen) atoms. The Morgan fingerprint density at radius 2 is 1.70 bits per heavy atom. The maximum absolute atomic E-state index is 11.1. The fourth-order valence-corrected chi connectivity index (χ4v) is 3.18. The summed E-state index contributed by atoms with van der Waals surface area (Å²) >= 11 is 7.38. The summed E-state index contributed by atoms with van der Waals surface area (Å²) in [5.74, 6) is 0. The summed E-state index contributed by atoms with van der Waals surface area (Å²) in [6, 6.07) is 16.3. The third kappa shape index (κ3) is 3.74. The van der Waals surface area contributed by atoms with Crippen LogP contribution in [0.1, 0.15) is 17.7 Å². The molecule has 2 atom stereocenters. The molecule has 2 aromatic carbocycles. The number of nitrogens with zero attached hydrogens (tertiary/aromatic N) is 1. The van der Waals surface area contributed by atoms with Gasteiger partial charge >= 0.3 is 0 Å². The van der Waals surface area contributed by atoms with Crippen LogP contribution in [0.15, 0.2) is 59.5 Å². The molecule has 0 aromatic heterocycles. The standard InChI is InChI=1S/C15H14ClNO2S/c1-11(17(18)19)15(12-7-9-13(16)10-8-12)20-14-5-3-2-4-6-14/h2-11,15H,1H3. The van der Waals surface area contributed by atoms with E-state index >= 15 is 0 Å². The van der Waals surface area contributed by atoms with E-state index in [9.17, 15) is 10.1 Å². The van der Waals surface area contributed by atoms with Gasteiger partial charge in [-0.1, -0.05) is 41.9 Å². The van der Waals surface area contributed by atoms with Gasteiger partial charge in [-0.05, 0) is 29.8 Å². The Hall–Kier alpha value is -1.52. The van der Waals surface area contributed by atoms with Crippen LogP contribution in [-0.2, 0) is 0 Å². The minimum Gasteiger partial charge on any atom is -0.264 e. The first-order valence-electron chi connectivity index (χ1n) is 6.18. The Labute approximate surface area is 127 Å². The van der Waals surface area contributed by atoms with Crippen molar-refractivity contribution in [3.8, 4) is 0 Å².